The van der Waals surface area contributed by atoms with Crippen molar-refractivity contribution in [2.75, 3.05) is 6.54 Å². The molecule has 2 aromatic carbocycles. The smallest absolute Gasteiger partial charge is 0.227 e. The standard InChI is InChI=1S/C24H29N3O2/c1-17-8-7-11-22(14-17)29-24-23(16-26(15-18(2)28)20-12-13-20)19(3)25-27(24)21-9-5-4-6-10-21/h4-11,14,18,20,28H,12-13,15-16H2,1-3H3/t18-/m0/s1. The average Bonchev–Trinajstić information content (AvgIpc) is 3.49. The van der Waals surface area contributed by atoms with E-state index in [2.05, 4.69) is 17.9 Å². The maximum Gasteiger partial charge on any atom is 0.227 e. The van der Waals surface area contributed by atoms with Gasteiger partial charge in [0.25, 0.3) is 0 Å². The van der Waals surface area contributed by atoms with Gasteiger partial charge >= 0.3 is 0 Å². The predicted octanol–water partition coefficient (Wildman–Crippen LogP) is 4.63. The second-order valence-corrected chi connectivity index (χ2v) is 8.04. The molecule has 0 radical (unpaired) electrons. The summed E-state index contributed by atoms with van der Waals surface area (Å²) >= 11 is 0. The van der Waals surface area contributed by atoms with E-state index in [1.165, 1.54) is 12.8 Å². The first kappa shape index (κ1) is 19.7. The fraction of sp³-hybridized carbons (Fsp3) is 0.375. The molecule has 0 bridgehead atoms. The van der Waals surface area contributed by atoms with Crippen molar-refractivity contribution < 1.29 is 9.84 Å². The van der Waals surface area contributed by atoms with E-state index in [1.54, 1.807) is 0 Å². The van der Waals surface area contributed by atoms with Crippen LogP contribution in [0.2, 0.25) is 0 Å². The number of hydrogen-bond donors (Lipinski definition) is 1. The quantitative estimate of drug-likeness (QED) is 0.608. The highest BCUT2D eigenvalue weighted by Crippen LogP contribution is 2.35. The molecule has 152 valence electrons. The molecule has 0 spiro atoms. The Morgan fingerprint density at radius 3 is 2.55 bits per heavy atom. The molecule has 0 saturated heterocycles. The number of aryl methyl sites for hydroxylation is 2. The van der Waals surface area contributed by atoms with Gasteiger partial charge in [0.2, 0.25) is 5.88 Å². The van der Waals surface area contributed by atoms with Crippen LogP contribution in [0, 0.1) is 13.8 Å². The number of hydrogen-bond acceptors (Lipinski definition) is 4. The summed E-state index contributed by atoms with van der Waals surface area (Å²) in [6.45, 7) is 7.32. The summed E-state index contributed by atoms with van der Waals surface area (Å²) in [4.78, 5) is 2.35. The summed E-state index contributed by atoms with van der Waals surface area (Å²) in [5.74, 6) is 1.55. The average molecular weight is 392 g/mol. The van der Waals surface area contributed by atoms with Gasteiger partial charge in [-0.05, 0) is 63.4 Å². The molecule has 0 unspecified atom stereocenters. The van der Waals surface area contributed by atoms with E-state index < -0.39 is 0 Å². The molecule has 1 aliphatic carbocycles. The topological polar surface area (TPSA) is 50.5 Å². The van der Waals surface area contributed by atoms with Gasteiger partial charge in [-0.1, -0.05) is 30.3 Å². The molecule has 1 aromatic heterocycles. The number of rotatable bonds is 8. The van der Waals surface area contributed by atoms with Crippen LogP contribution in [-0.2, 0) is 6.54 Å². The van der Waals surface area contributed by atoms with Gasteiger partial charge in [-0.15, -0.1) is 0 Å². The summed E-state index contributed by atoms with van der Waals surface area (Å²) in [7, 11) is 0. The third-order valence-electron chi connectivity index (χ3n) is 5.27. The van der Waals surface area contributed by atoms with E-state index in [4.69, 9.17) is 9.84 Å². The Hall–Kier alpha value is -2.63. The molecular formula is C24H29N3O2. The van der Waals surface area contributed by atoms with Crippen LogP contribution in [0.4, 0.5) is 0 Å². The van der Waals surface area contributed by atoms with Crippen LogP contribution < -0.4 is 4.74 Å². The number of aromatic nitrogens is 2. The number of nitrogens with zero attached hydrogens (tertiary/aromatic N) is 3. The van der Waals surface area contributed by atoms with Crippen molar-refractivity contribution >= 4 is 0 Å². The number of aliphatic hydroxyl groups excluding tert-OH is 1. The zero-order chi connectivity index (χ0) is 20.4. The van der Waals surface area contributed by atoms with Crippen molar-refractivity contribution in [3.05, 3.63) is 71.4 Å². The molecule has 0 aliphatic heterocycles. The monoisotopic (exact) mass is 391 g/mol. The molecule has 4 rings (SSSR count). The van der Waals surface area contributed by atoms with Crippen molar-refractivity contribution in [2.45, 2.75) is 52.3 Å². The van der Waals surface area contributed by atoms with Gasteiger partial charge in [-0.3, -0.25) is 4.90 Å². The van der Waals surface area contributed by atoms with Gasteiger partial charge in [0.15, 0.2) is 0 Å². The van der Waals surface area contributed by atoms with Gasteiger partial charge in [0, 0.05) is 19.1 Å². The number of aliphatic hydroxyl groups is 1. The molecule has 1 N–H and O–H groups in total. The lowest BCUT2D eigenvalue weighted by molar-refractivity contribution is 0.117. The summed E-state index contributed by atoms with van der Waals surface area (Å²) in [6.07, 6.45) is 2.01. The van der Waals surface area contributed by atoms with Crippen LogP contribution in [-0.4, -0.2) is 38.5 Å². The molecular weight excluding hydrogens is 362 g/mol. The minimum atomic E-state index is -0.360. The van der Waals surface area contributed by atoms with Crippen molar-refractivity contribution in [1.29, 1.82) is 0 Å². The highest BCUT2D eigenvalue weighted by atomic mass is 16.5. The highest BCUT2D eigenvalue weighted by molar-refractivity contribution is 5.43. The predicted molar refractivity (Wildman–Crippen MR) is 115 cm³/mol. The van der Waals surface area contributed by atoms with Crippen LogP contribution in [0.3, 0.4) is 0 Å². The van der Waals surface area contributed by atoms with Gasteiger partial charge in [-0.25, -0.2) is 4.68 Å². The maximum atomic E-state index is 9.97. The molecule has 1 aliphatic rings. The summed E-state index contributed by atoms with van der Waals surface area (Å²) in [5.41, 5.74) is 4.15. The van der Waals surface area contributed by atoms with Crippen LogP contribution in [0.5, 0.6) is 11.6 Å². The lowest BCUT2D eigenvalue weighted by Crippen LogP contribution is -2.32. The Balaban J connectivity index is 1.74. The van der Waals surface area contributed by atoms with Gasteiger partial charge in [0.05, 0.1) is 23.0 Å². The lowest BCUT2D eigenvalue weighted by atomic mass is 10.2. The Kier molecular flexibility index (Phi) is 5.69. The van der Waals surface area contributed by atoms with E-state index >= 15 is 0 Å². The maximum absolute atomic E-state index is 9.97. The normalized spacial score (nSPS) is 14.9. The summed E-state index contributed by atoms with van der Waals surface area (Å²) in [5, 5.41) is 14.8. The van der Waals surface area contributed by atoms with Gasteiger partial charge in [0.1, 0.15) is 5.75 Å². The third-order valence-corrected chi connectivity index (χ3v) is 5.27. The largest absolute Gasteiger partial charge is 0.439 e. The van der Waals surface area contributed by atoms with Crippen LogP contribution in [0.1, 0.15) is 36.6 Å². The minimum absolute atomic E-state index is 0.360. The Morgan fingerprint density at radius 2 is 1.90 bits per heavy atom. The molecule has 3 aromatic rings. The third kappa shape index (κ3) is 4.69. The van der Waals surface area contributed by atoms with Crippen LogP contribution in [0.25, 0.3) is 5.69 Å². The SMILES string of the molecule is Cc1cccc(Oc2c(CN(C[C@H](C)O)C3CC3)c(C)nn2-c2ccccc2)c1. The number of para-hydroxylation sites is 1. The molecule has 0 amide bonds. The van der Waals surface area contributed by atoms with E-state index in [-0.39, 0.29) is 6.10 Å². The number of benzene rings is 2. The highest BCUT2D eigenvalue weighted by Gasteiger charge is 2.32. The zero-order valence-corrected chi connectivity index (χ0v) is 17.4. The van der Waals surface area contributed by atoms with Crippen LogP contribution >= 0.6 is 0 Å². The first-order valence-corrected chi connectivity index (χ1v) is 10.3. The van der Waals surface area contributed by atoms with E-state index in [9.17, 15) is 5.11 Å². The zero-order valence-electron chi connectivity index (χ0n) is 17.4. The molecule has 5 heteroatoms. The molecule has 1 saturated carbocycles. The van der Waals surface area contributed by atoms with E-state index in [1.807, 2.05) is 67.1 Å². The summed E-state index contributed by atoms with van der Waals surface area (Å²) < 4.78 is 8.30. The minimum Gasteiger partial charge on any atom is -0.439 e. The van der Waals surface area contributed by atoms with Crippen LogP contribution in [0.15, 0.2) is 54.6 Å². The first-order chi connectivity index (χ1) is 14.0. The number of ether oxygens (including phenoxy) is 1. The lowest BCUT2D eigenvalue weighted by Gasteiger charge is -2.24. The second kappa shape index (κ2) is 8.39. The summed E-state index contributed by atoms with van der Waals surface area (Å²) in [6, 6.07) is 18.7. The van der Waals surface area contributed by atoms with E-state index in [0.717, 1.165) is 40.7 Å². The van der Waals surface area contributed by atoms with Gasteiger partial charge < -0.3 is 9.84 Å². The Morgan fingerprint density at radius 1 is 1.14 bits per heavy atom. The molecule has 1 fully saturated rings. The fourth-order valence-corrected chi connectivity index (χ4v) is 3.68. The van der Waals surface area contributed by atoms with Crippen molar-refractivity contribution in [3.8, 4) is 17.3 Å². The molecule has 29 heavy (non-hydrogen) atoms. The van der Waals surface area contributed by atoms with Gasteiger partial charge in [-0.2, -0.15) is 5.10 Å². The first-order valence-electron chi connectivity index (χ1n) is 10.3. The van der Waals surface area contributed by atoms with Crippen molar-refractivity contribution in [3.63, 3.8) is 0 Å². The van der Waals surface area contributed by atoms with Crippen molar-refractivity contribution in [2.24, 2.45) is 0 Å². The Labute approximate surface area is 172 Å². The molecule has 5 nitrogen and oxygen atoms in total. The molecule has 1 heterocycles. The second-order valence-electron chi connectivity index (χ2n) is 8.04. The molecule has 1 atom stereocenters. The van der Waals surface area contributed by atoms with Crippen molar-refractivity contribution in [1.82, 2.24) is 14.7 Å². The Bertz CT molecular complexity index is 962. The fourth-order valence-electron chi connectivity index (χ4n) is 3.68. The van der Waals surface area contributed by atoms with E-state index in [0.29, 0.717) is 12.6 Å².